The van der Waals surface area contributed by atoms with Gasteiger partial charge in [0.1, 0.15) is 12.6 Å². The molecule has 0 rings (SSSR count). The lowest BCUT2D eigenvalue weighted by Crippen LogP contribution is -2.50. The van der Waals surface area contributed by atoms with E-state index in [0.717, 1.165) is 0 Å². The number of carbonyl (C=O) groups excluding carboxylic acids is 2. The second kappa shape index (κ2) is 4.95. The number of hydrogen-bond donors (Lipinski definition) is 2. The van der Waals surface area contributed by atoms with Gasteiger partial charge in [-0.1, -0.05) is 0 Å². The monoisotopic (exact) mass is 202 g/mol. The van der Waals surface area contributed by atoms with E-state index in [9.17, 15) is 9.59 Å². The summed E-state index contributed by atoms with van der Waals surface area (Å²) in [7, 11) is 0. The number of nitrogens with one attached hydrogen (secondary N) is 1. The van der Waals surface area contributed by atoms with Crippen LogP contribution in [0.15, 0.2) is 0 Å². The average molecular weight is 202 g/mol. The fourth-order valence-corrected chi connectivity index (χ4v) is 0.745. The van der Waals surface area contributed by atoms with Crippen LogP contribution in [-0.2, 0) is 14.3 Å². The summed E-state index contributed by atoms with van der Waals surface area (Å²) in [6.07, 6.45) is 0. The van der Waals surface area contributed by atoms with Crippen molar-refractivity contribution in [2.45, 2.75) is 39.3 Å². The molecule has 0 aliphatic heterocycles. The highest BCUT2D eigenvalue weighted by molar-refractivity contribution is 5.82. The Balaban J connectivity index is 3.94. The van der Waals surface area contributed by atoms with Crippen LogP contribution in [0.4, 0.5) is 0 Å². The lowest BCUT2D eigenvalue weighted by molar-refractivity contribution is -0.142. The second-order valence-corrected chi connectivity index (χ2v) is 4.15. The molecule has 0 aromatic carbocycles. The van der Waals surface area contributed by atoms with Gasteiger partial charge in [-0.25, -0.2) is 0 Å². The van der Waals surface area contributed by atoms with E-state index in [1.807, 2.05) is 20.8 Å². The Bertz CT molecular complexity index is 221. The summed E-state index contributed by atoms with van der Waals surface area (Å²) in [5.41, 5.74) is 5.15. The summed E-state index contributed by atoms with van der Waals surface area (Å²) < 4.78 is 4.61. The molecule has 82 valence electrons. The molecule has 0 bridgehead atoms. The van der Waals surface area contributed by atoms with Gasteiger partial charge in [0.25, 0.3) is 0 Å². The Morgan fingerprint density at radius 3 is 2.29 bits per heavy atom. The van der Waals surface area contributed by atoms with Gasteiger partial charge >= 0.3 is 5.97 Å². The molecule has 0 aromatic heterocycles. The van der Waals surface area contributed by atoms with E-state index in [0.29, 0.717) is 0 Å². The molecule has 1 amide bonds. The van der Waals surface area contributed by atoms with Crippen molar-refractivity contribution in [3.05, 3.63) is 0 Å². The molecule has 5 nitrogen and oxygen atoms in total. The van der Waals surface area contributed by atoms with Crippen LogP contribution in [-0.4, -0.2) is 30.1 Å². The van der Waals surface area contributed by atoms with Gasteiger partial charge in [-0.15, -0.1) is 0 Å². The van der Waals surface area contributed by atoms with Gasteiger partial charge in [-0.3, -0.25) is 9.59 Å². The fourth-order valence-electron chi connectivity index (χ4n) is 0.745. The minimum Gasteiger partial charge on any atom is -0.464 e. The lowest BCUT2D eigenvalue weighted by Gasteiger charge is -2.22. The molecule has 0 saturated carbocycles. The minimum atomic E-state index is -0.807. The summed E-state index contributed by atoms with van der Waals surface area (Å²) >= 11 is 0. The maximum Gasteiger partial charge on any atom is 0.302 e. The van der Waals surface area contributed by atoms with E-state index in [2.05, 4.69) is 10.1 Å². The van der Waals surface area contributed by atoms with Crippen LogP contribution in [0.1, 0.15) is 27.7 Å². The van der Waals surface area contributed by atoms with Crippen molar-refractivity contribution in [3.8, 4) is 0 Å². The van der Waals surface area contributed by atoms with E-state index in [-0.39, 0.29) is 18.1 Å². The molecule has 0 aliphatic carbocycles. The second-order valence-electron chi connectivity index (χ2n) is 4.15. The highest BCUT2D eigenvalue weighted by Crippen LogP contribution is 1.98. The first-order valence-electron chi connectivity index (χ1n) is 4.43. The molecular formula is C9H18N2O3. The van der Waals surface area contributed by atoms with Crippen molar-refractivity contribution in [2.24, 2.45) is 5.73 Å². The van der Waals surface area contributed by atoms with Crippen LogP contribution in [0.2, 0.25) is 0 Å². The smallest absolute Gasteiger partial charge is 0.302 e. The molecule has 0 radical (unpaired) electrons. The molecule has 0 saturated heterocycles. The maximum absolute atomic E-state index is 11.3. The van der Waals surface area contributed by atoms with Crippen molar-refractivity contribution in [2.75, 3.05) is 6.61 Å². The number of rotatable bonds is 3. The molecule has 0 spiro atoms. The molecule has 0 aliphatic rings. The number of esters is 1. The van der Waals surface area contributed by atoms with Gasteiger partial charge in [0.15, 0.2) is 0 Å². The number of amides is 1. The Kier molecular flexibility index (Phi) is 4.56. The van der Waals surface area contributed by atoms with Gasteiger partial charge in [-0.2, -0.15) is 0 Å². The summed E-state index contributed by atoms with van der Waals surface area (Å²) in [5.74, 6) is -0.761. The van der Waals surface area contributed by atoms with Crippen molar-refractivity contribution in [1.82, 2.24) is 5.32 Å². The first kappa shape index (κ1) is 12.9. The van der Waals surface area contributed by atoms with Crippen LogP contribution in [0.3, 0.4) is 0 Å². The predicted molar refractivity (Wildman–Crippen MR) is 52.5 cm³/mol. The number of hydrogen-bond acceptors (Lipinski definition) is 4. The zero-order valence-electron chi connectivity index (χ0n) is 9.09. The number of carbonyl (C=O) groups is 2. The highest BCUT2D eigenvalue weighted by atomic mass is 16.5. The van der Waals surface area contributed by atoms with Crippen molar-refractivity contribution >= 4 is 11.9 Å². The summed E-state index contributed by atoms with van der Waals surface area (Å²) in [5, 5.41) is 2.69. The van der Waals surface area contributed by atoms with Gasteiger partial charge in [-0.05, 0) is 20.8 Å². The number of ether oxygens (including phenoxy) is 1. The van der Waals surface area contributed by atoms with Crippen molar-refractivity contribution in [3.63, 3.8) is 0 Å². The normalized spacial score (nSPS) is 13.2. The third kappa shape index (κ3) is 6.42. The highest BCUT2D eigenvalue weighted by Gasteiger charge is 2.20. The minimum absolute atomic E-state index is 0.0861. The first-order valence-corrected chi connectivity index (χ1v) is 4.43. The molecule has 0 heterocycles. The summed E-state index contributed by atoms with van der Waals surface area (Å²) in [6, 6.07) is -0.807. The van der Waals surface area contributed by atoms with Crippen molar-refractivity contribution in [1.29, 1.82) is 0 Å². The summed E-state index contributed by atoms with van der Waals surface area (Å²) in [6.45, 7) is 6.74. The Morgan fingerprint density at radius 2 is 1.93 bits per heavy atom. The van der Waals surface area contributed by atoms with Crippen LogP contribution in [0.25, 0.3) is 0 Å². The van der Waals surface area contributed by atoms with E-state index in [4.69, 9.17) is 5.73 Å². The van der Waals surface area contributed by atoms with Crippen LogP contribution in [0.5, 0.6) is 0 Å². The average Bonchev–Trinajstić information content (AvgIpc) is 1.96. The molecular weight excluding hydrogens is 184 g/mol. The number of nitrogens with two attached hydrogens (primary N) is 1. The largest absolute Gasteiger partial charge is 0.464 e. The lowest BCUT2D eigenvalue weighted by atomic mass is 10.1. The van der Waals surface area contributed by atoms with E-state index in [1.165, 1.54) is 6.92 Å². The van der Waals surface area contributed by atoms with Crippen LogP contribution < -0.4 is 11.1 Å². The third-order valence-electron chi connectivity index (χ3n) is 1.30. The van der Waals surface area contributed by atoms with Crippen molar-refractivity contribution < 1.29 is 14.3 Å². The zero-order chi connectivity index (χ0) is 11.4. The molecule has 1 atom stereocenters. The fraction of sp³-hybridized carbons (Fsp3) is 0.778. The Hall–Kier alpha value is -1.10. The van der Waals surface area contributed by atoms with Gasteiger partial charge in [0.05, 0.1) is 0 Å². The van der Waals surface area contributed by atoms with E-state index >= 15 is 0 Å². The molecule has 0 unspecified atom stereocenters. The predicted octanol–water partition coefficient (Wildman–Crippen LogP) is -0.208. The van der Waals surface area contributed by atoms with Gasteiger partial charge < -0.3 is 15.8 Å². The van der Waals surface area contributed by atoms with Crippen LogP contribution >= 0.6 is 0 Å². The summed E-state index contributed by atoms with van der Waals surface area (Å²) in [4.78, 5) is 21.8. The Morgan fingerprint density at radius 1 is 1.43 bits per heavy atom. The molecule has 14 heavy (non-hydrogen) atoms. The zero-order valence-corrected chi connectivity index (χ0v) is 9.09. The topological polar surface area (TPSA) is 81.4 Å². The first-order chi connectivity index (χ1) is 6.22. The molecule has 0 fully saturated rings. The molecule has 5 heteroatoms. The van der Waals surface area contributed by atoms with E-state index < -0.39 is 12.0 Å². The van der Waals surface area contributed by atoms with E-state index in [1.54, 1.807) is 0 Å². The molecule has 0 aromatic rings. The van der Waals surface area contributed by atoms with Gasteiger partial charge in [0.2, 0.25) is 5.91 Å². The van der Waals surface area contributed by atoms with Crippen LogP contribution in [0, 0.1) is 0 Å². The SMILES string of the molecule is CC(=O)OC[C@H](N)C(=O)NC(C)(C)C. The maximum atomic E-state index is 11.3. The quantitative estimate of drug-likeness (QED) is 0.620. The third-order valence-corrected chi connectivity index (χ3v) is 1.30. The van der Waals surface area contributed by atoms with Gasteiger partial charge in [0, 0.05) is 12.5 Å². The Labute approximate surface area is 84.0 Å². The standard InChI is InChI=1S/C9H18N2O3/c1-6(12)14-5-7(10)8(13)11-9(2,3)4/h7H,5,10H2,1-4H3,(H,11,13)/t7-/m0/s1. The molecule has 3 N–H and O–H groups in total.